The van der Waals surface area contributed by atoms with E-state index in [2.05, 4.69) is 0 Å². The summed E-state index contributed by atoms with van der Waals surface area (Å²) in [6.07, 6.45) is -0.716. The molecule has 0 atom stereocenters. The van der Waals surface area contributed by atoms with Crippen molar-refractivity contribution in [3.05, 3.63) is 29.8 Å². The van der Waals surface area contributed by atoms with Gasteiger partial charge in [-0.2, -0.15) is 8.78 Å². The van der Waals surface area contributed by atoms with E-state index in [0.717, 1.165) is 0 Å². The van der Waals surface area contributed by atoms with E-state index in [1.165, 1.54) is 19.2 Å². The number of halogens is 3. The Bertz CT molecular complexity index is 366. The monoisotopic (exact) mass is 234 g/mol. The van der Waals surface area contributed by atoms with E-state index in [1.54, 1.807) is 12.1 Å². The molecule has 0 unspecified atom stereocenters. The maximum absolute atomic E-state index is 12.9. The Morgan fingerprint density at radius 1 is 1.53 bits per heavy atom. The molecule has 0 heterocycles. The zero-order chi connectivity index (χ0) is 11.5. The Morgan fingerprint density at radius 3 is 2.73 bits per heavy atom. The summed E-state index contributed by atoms with van der Waals surface area (Å²) in [6.45, 7) is 0. The van der Waals surface area contributed by atoms with Gasteiger partial charge in [0.05, 0.1) is 7.11 Å². The summed E-state index contributed by atoms with van der Waals surface area (Å²) in [5.41, 5.74) is 0.299. The number of ether oxygens (including phenoxy) is 1. The fourth-order valence-corrected chi connectivity index (χ4v) is 1.18. The molecule has 0 aliphatic rings. The fourth-order valence-electron chi connectivity index (χ4n) is 1.11. The number of alkyl halides is 2. The first-order chi connectivity index (χ1) is 6.95. The second-order valence-corrected chi connectivity index (χ2v) is 3.35. The first-order valence-electron chi connectivity index (χ1n) is 4.16. The molecule has 2 nitrogen and oxygen atoms in total. The molecule has 0 amide bonds. The van der Waals surface area contributed by atoms with Crippen LogP contribution in [-0.4, -0.2) is 18.3 Å². The predicted molar refractivity (Wildman–Crippen MR) is 52.5 cm³/mol. The van der Waals surface area contributed by atoms with Gasteiger partial charge in [-0.15, -0.1) is 0 Å². The highest BCUT2D eigenvalue weighted by molar-refractivity contribution is 6.65. The number of carbonyl (C=O) groups is 1. The van der Waals surface area contributed by atoms with Crippen LogP contribution in [0.25, 0.3) is 0 Å². The molecule has 0 fully saturated rings. The van der Waals surface area contributed by atoms with Crippen molar-refractivity contribution in [1.29, 1.82) is 0 Å². The summed E-state index contributed by atoms with van der Waals surface area (Å²) in [5.74, 6) is -3.07. The third-order valence-electron chi connectivity index (χ3n) is 1.85. The first-order valence-corrected chi connectivity index (χ1v) is 4.54. The van der Waals surface area contributed by atoms with Gasteiger partial charge in [0.25, 0.3) is 5.24 Å². The van der Waals surface area contributed by atoms with E-state index in [-0.39, 0.29) is 0 Å². The Morgan fingerprint density at radius 2 is 2.20 bits per heavy atom. The third-order valence-corrected chi connectivity index (χ3v) is 2.12. The Balaban J connectivity index is 2.85. The largest absolute Gasteiger partial charge is 0.497 e. The summed E-state index contributed by atoms with van der Waals surface area (Å²) in [6, 6.07) is 6.12. The molecule has 5 heteroatoms. The van der Waals surface area contributed by atoms with Crippen molar-refractivity contribution in [2.45, 2.75) is 12.3 Å². The summed E-state index contributed by atoms with van der Waals surface area (Å²) in [4.78, 5) is 10.4. The average molecular weight is 235 g/mol. The summed E-state index contributed by atoms with van der Waals surface area (Å²) >= 11 is 4.77. The van der Waals surface area contributed by atoms with Gasteiger partial charge in [0.15, 0.2) is 0 Å². The van der Waals surface area contributed by atoms with Gasteiger partial charge in [0.1, 0.15) is 5.75 Å². The molecule has 0 aliphatic carbocycles. The minimum absolute atomic E-state index is 0.299. The van der Waals surface area contributed by atoms with E-state index in [1.807, 2.05) is 0 Å². The summed E-state index contributed by atoms with van der Waals surface area (Å²) in [5, 5.41) is -1.65. The number of hydrogen-bond acceptors (Lipinski definition) is 2. The van der Waals surface area contributed by atoms with Crippen LogP contribution in [0.1, 0.15) is 5.56 Å². The minimum atomic E-state index is -3.53. The van der Waals surface area contributed by atoms with Crippen LogP contribution in [0.3, 0.4) is 0 Å². The molecule has 0 spiro atoms. The molecule has 0 saturated heterocycles. The molecule has 0 aromatic heterocycles. The minimum Gasteiger partial charge on any atom is -0.497 e. The lowest BCUT2D eigenvalue weighted by Crippen LogP contribution is -2.26. The van der Waals surface area contributed by atoms with Gasteiger partial charge in [-0.25, -0.2) is 0 Å². The van der Waals surface area contributed by atoms with Crippen molar-refractivity contribution in [2.24, 2.45) is 0 Å². The Hall–Kier alpha value is -1.16. The molecular formula is C10H9ClF2O2. The topological polar surface area (TPSA) is 26.3 Å². The molecule has 0 bridgehead atoms. The molecule has 0 saturated carbocycles. The van der Waals surface area contributed by atoms with Gasteiger partial charge >= 0.3 is 5.92 Å². The van der Waals surface area contributed by atoms with E-state index >= 15 is 0 Å². The molecule has 1 aromatic carbocycles. The van der Waals surface area contributed by atoms with Crippen LogP contribution in [0.15, 0.2) is 24.3 Å². The number of hydrogen-bond donors (Lipinski definition) is 0. The number of carbonyl (C=O) groups excluding carboxylic acids is 1. The van der Waals surface area contributed by atoms with Crippen LogP contribution >= 0.6 is 11.6 Å². The second-order valence-electron chi connectivity index (χ2n) is 3.01. The molecule has 1 rings (SSSR count). The maximum Gasteiger partial charge on any atom is 0.324 e. The smallest absolute Gasteiger partial charge is 0.324 e. The Kier molecular flexibility index (Phi) is 3.63. The maximum atomic E-state index is 12.9. The van der Waals surface area contributed by atoms with Gasteiger partial charge in [0, 0.05) is 6.42 Å². The van der Waals surface area contributed by atoms with Crippen molar-refractivity contribution in [2.75, 3.05) is 7.11 Å². The fraction of sp³-hybridized carbons (Fsp3) is 0.300. The van der Waals surface area contributed by atoms with E-state index in [0.29, 0.717) is 11.3 Å². The van der Waals surface area contributed by atoms with E-state index in [9.17, 15) is 13.6 Å². The normalized spacial score (nSPS) is 11.2. The summed E-state index contributed by atoms with van der Waals surface area (Å²) in [7, 11) is 1.43. The van der Waals surface area contributed by atoms with Crippen molar-refractivity contribution < 1.29 is 18.3 Å². The lowest BCUT2D eigenvalue weighted by atomic mass is 10.1. The van der Waals surface area contributed by atoms with Crippen LogP contribution in [0.5, 0.6) is 5.75 Å². The number of methoxy groups -OCH3 is 1. The molecule has 82 valence electrons. The quantitative estimate of drug-likeness (QED) is 0.749. The third kappa shape index (κ3) is 3.16. The zero-order valence-electron chi connectivity index (χ0n) is 7.97. The molecule has 0 aliphatic heterocycles. The van der Waals surface area contributed by atoms with Crippen LogP contribution in [0.4, 0.5) is 8.78 Å². The molecule has 15 heavy (non-hydrogen) atoms. The van der Waals surface area contributed by atoms with Gasteiger partial charge in [-0.1, -0.05) is 12.1 Å². The van der Waals surface area contributed by atoms with E-state index in [4.69, 9.17) is 16.3 Å². The SMILES string of the molecule is COc1cccc(CC(F)(F)C(=O)Cl)c1. The highest BCUT2D eigenvalue weighted by Crippen LogP contribution is 2.24. The van der Waals surface area contributed by atoms with Crippen molar-refractivity contribution in [1.82, 2.24) is 0 Å². The Labute approximate surface area is 90.8 Å². The molecule has 1 aromatic rings. The standard InChI is InChI=1S/C10H9ClF2O2/c1-15-8-4-2-3-7(5-8)6-10(12,13)9(11)14/h2-5H,6H2,1H3. The number of benzene rings is 1. The lowest BCUT2D eigenvalue weighted by molar-refractivity contribution is -0.133. The van der Waals surface area contributed by atoms with Crippen LogP contribution in [0.2, 0.25) is 0 Å². The van der Waals surface area contributed by atoms with E-state index < -0.39 is 17.6 Å². The highest BCUT2D eigenvalue weighted by Gasteiger charge is 2.37. The first kappa shape index (κ1) is 11.9. The predicted octanol–water partition coefficient (Wildman–Crippen LogP) is 2.64. The molecule has 0 radical (unpaired) electrons. The van der Waals surface area contributed by atoms with Crippen molar-refractivity contribution >= 4 is 16.8 Å². The highest BCUT2D eigenvalue weighted by atomic mass is 35.5. The van der Waals surface area contributed by atoms with Crippen LogP contribution < -0.4 is 4.74 Å². The average Bonchev–Trinajstić information content (AvgIpc) is 2.17. The molecule has 0 N–H and O–H groups in total. The summed E-state index contributed by atoms with van der Waals surface area (Å²) < 4.78 is 30.8. The van der Waals surface area contributed by atoms with Crippen LogP contribution in [0, 0.1) is 0 Å². The van der Waals surface area contributed by atoms with Gasteiger partial charge in [-0.05, 0) is 29.3 Å². The van der Waals surface area contributed by atoms with Crippen molar-refractivity contribution in [3.63, 3.8) is 0 Å². The lowest BCUT2D eigenvalue weighted by Gasteiger charge is -2.11. The molecular weight excluding hydrogens is 226 g/mol. The van der Waals surface area contributed by atoms with Gasteiger partial charge < -0.3 is 4.74 Å². The van der Waals surface area contributed by atoms with Gasteiger partial charge in [-0.3, -0.25) is 4.79 Å². The van der Waals surface area contributed by atoms with Crippen LogP contribution in [-0.2, 0) is 11.2 Å². The second kappa shape index (κ2) is 4.57. The zero-order valence-corrected chi connectivity index (χ0v) is 8.72. The van der Waals surface area contributed by atoms with Crippen molar-refractivity contribution in [3.8, 4) is 5.75 Å². The van der Waals surface area contributed by atoms with Gasteiger partial charge in [0.2, 0.25) is 0 Å². The number of rotatable bonds is 4.